The first-order chi connectivity index (χ1) is 13.5. The fourth-order valence-corrected chi connectivity index (χ4v) is 3.01. The fraction of sp³-hybridized carbons (Fsp3) is 0.182. The van der Waals surface area contributed by atoms with Crippen LogP contribution in [0.1, 0.15) is 38.3 Å². The van der Waals surface area contributed by atoms with Crippen LogP contribution in [-0.4, -0.2) is 31.3 Å². The third-order valence-corrected chi connectivity index (χ3v) is 4.46. The standard InChI is InChI=1S/C22H22N2O4/c1-14-6-15(11-25)8-18(7-14)22(28)5-4-20-10-21(24-23-20)16-2-3-17(12-26)19(9-16)13-27/h2-10,25-27H,11-13H2,1H3,(H,23,24)/b5-4+. The minimum Gasteiger partial charge on any atom is -0.392 e. The number of aromatic nitrogens is 2. The van der Waals surface area contributed by atoms with Gasteiger partial charge in [-0.1, -0.05) is 23.8 Å². The number of rotatable bonds is 7. The number of hydrogen-bond acceptors (Lipinski definition) is 5. The predicted octanol–water partition coefficient (Wildman–Crippen LogP) is 2.76. The van der Waals surface area contributed by atoms with Gasteiger partial charge in [-0.05, 0) is 60.0 Å². The Morgan fingerprint density at radius 2 is 1.79 bits per heavy atom. The highest BCUT2D eigenvalue weighted by Gasteiger charge is 2.08. The van der Waals surface area contributed by atoms with Gasteiger partial charge in [-0.15, -0.1) is 0 Å². The van der Waals surface area contributed by atoms with Crippen LogP contribution in [0.4, 0.5) is 0 Å². The Kier molecular flexibility index (Phi) is 6.16. The molecule has 0 unspecified atom stereocenters. The summed E-state index contributed by atoms with van der Waals surface area (Å²) in [5, 5.41) is 35.1. The highest BCUT2D eigenvalue weighted by atomic mass is 16.3. The predicted molar refractivity (Wildman–Crippen MR) is 106 cm³/mol. The number of nitrogens with one attached hydrogen (secondary N) is 1. The number of hydrogen-bond donors (Lipinski definition) is 4. The second-order valence-electron chi connectivity index (χ2n) is 6.57. The topological polar surface area (TPSA) is 106 Å². The summed E-state index contributed by atoms with van der Waals surface area (Å²) in [6.07, 6.45) is 3.11. The van der Waals surface area contributed by atoms with Crippen LogP contribution in [0.5, 0.6) is 0 Å². The lowest BCUT2D eigenvalue weighted by Gasteiger charge is -2.06. The molecule has 0 atom stereocenters. The fourth-order valence-electron chi connectivity index (χ4n) is 3.01. The van der Waals surface area contributed by atoms with E-state index in [1.807, 2.05) is 19.1 Å². The van der Waals surface area contributed by atoms with Crippen LogP contribution in [-0.2, 0) is 19.8 Å². The number of carbonyl (C=O) groups excluding carboxylic acids is 1. The van der Waals surface area contributed by atoms with Crippen molar-refractivity contribution in [1.82, 2.24) is 10.2 Å². The van der Waals surface area contributed by atoms with Crippen molar-refractivity contribution in [2.24, 2.45) is 0 Å². The number of ketones is 1. The van der Waals surface area contributed by atoms with Gasteiger partial charge in [0.25, 0.3) is 0 Å². The monoisotopic (exact) mass is 378 g/mol. The molecule has 0 saturated heterocycles. The Hall–Kier alpha value is -3.06. The van der Waals surface area contributed by atoms with E-state index in [4.69, 9.17) is 0 Å². The van der Waals surface area contributed by atoms with E-state index in [1.165, 1.54) is 6.08 Å². The molecular weight excluding hydrogens is 356 g/mol. The van der Waals surface area contributed by atoms with Gasteiger partial charge < -0.3 is 15.3 Å². The summed E-state index contributed by atoms with van der Waals surface area (Å²) in [4.78, 5) is 12.4. The SMILES string of the molecule is Cc1cc(CO)cc(C(=O)/C=C/c2cc(-c3ccc(CO)c(CO)c3)n[nH]2)c1. The summed E-state index contributed by atoms with van der Waals surface area (Å²) in [6.45, 7) is 1.47. The maximum Gasteiger partial charge on any atom is 0.185 e. The van der Waals surface area contributed by atoms with Gasteiger partial charge in [0, 0.05) is 11.1 Å². The molecule has 4 N–H and O–H groups in total. The van der Waals surface area contributed by atoms with Crippen LogP contribution in [0.25, 0.3) is 17.3 Å². The first-order valence-corrected chi connectivity index (χ1v) is 8.87. The molecule has 1 aromatic heterocycles. The van der Waals surface area contributed by atoms with E-state index in [-0.39, 0.29) is 25.6 Å². The molecule has 3 aromatic rings. The van der Waals surface area contributed by atoms with Gasteiger partial charge in [-0.3, -0.25) is 9.89 Å². The molecule has 6 heteroatoms. The lowest BCUT2D eigenvalue weighted by atomic mass is 10.0. The Bertz CT molecular complexity index is 1020. The van der Waals surface area contributed by atoms with Crippen molar-refractivity contribution in [1.29, 1.82) is 0 Å². The van der Waals surface area contributed by atoms with E-state index in [9.17, 15) is 20.1 Å². The van der Waals surface area contributed by atoms with Crippen LogP contribution in [0.3, 0.4) is 0 Å². The second kappa shape index (κ2) is 8.75. The first kappa shape index (κ1) is 19.7. The molecule has 0 spiro atoms. The van der Waals surface area contributed by atoms with Gasteiger partial charge in [0.1, 0.15) is 0 Å². The molecule has 6 nitrogen and oxygen atoms in total. The summed E-state index contributed by atoms with van der Waals surface area (Å²) in [5.74, 6) is -0.163. The molecule has 0 aliphatic carbocycles. The van der Waals surface area contributed by atoms with E-state index in [0.29, 0.717) is 33.6 Å². The molecule has 1 heterocycles. The molecule has 0 saturated carbocycles. The van der Waals surface area contributed by atoms with E-state index in [0.717, 1.165) is 11.1 Å². The maximum absolute atomic E-state index is 12.4. The molecule has 3 rings (SSSR count). The minimum absolute atomic E-state index is 0.111. The number of nitrogens with zero attached hydrogens (tertiary/aromatic N) is 1. The van der Waals surface area contributed by atoms with Gasteiger partial charge in [0.15, 0.2) is 5.78 Å². The van der Waals surface area contributed by atoms with Crippen molar-refractivity contribution in [3.8, 4) is 11.3 Å². The molecule has 0 bridgehead atoms. The average Bonchev–Trinajstić information content (AvgIpc) is 3.19. The lowest BCUT2D eigenvalue weighted by molar-refractivity contribution is 0.104. The molecule has 0 radical (unpaired) electrons. The quantitative estimate of drug-likeness (QED) is 0.374. The van der Waals surface area contributed by atoms with Crippen molar-refractivity contribution in [2.45, 2.75) is 26.7 Å². The van der Waals surface area contributed by atoms with Crippen molar-refractivity contribution >= 4 is 11.9 Å². The zero-order valence-electron chi connectivity index (χ0n) is 15.5. The molecule has 2 aromatic carbocycles. The van der Waals surface area contributed by atoms with E-state index in [2.05, 4.69) is 10.2 Å². The molecular formula is C22H22N2O4. The van der Waals surface area contributed by atoms with Crippen LogP contribution in [0, 0.1) is 6.92 Å². The summed E-state index contributed by atoms with van der Waals surface area (Å²) in [6, 6.07) is 12.5. The molecule has 28 heavy (non-hydrogen) atoms. The smallest absolute Gasteiger partial charge is 0.185 e. The molecule has 0 aliphatic rings. The zero-order valence-corrected chi connectivity index (χ0v) is 15.5. The van der Waals surface area contributed by atoms with Gasteiger partial charge in [0.2, 0.25) is 0 Å². The number of aryl methyl sites for hydroxylation is 1. The Balaban J connectivity index is 1.79. The highest BCUT2D eigenvalue weighted by Crippen LogP contribution is 2.22. The largest absolute Gasteiger partial charge is 0.392 e. The first-order valence-electron chi connectivity index (χ1n) is 8.87. The third kappa shape index (κ3) is 4.43. The number of aliphatic hydroxyl groups is 3. The molecule has 0 amide bonds. The van der Waals surface area contributed by atoms with E-state index >= 15 is 0 Å². The number of H-pyrrole nitrogens is 1. The van der Waals surface area contributed by atoms with Crippen LogP contribution < -0.4 is 0 Å². The van der Waals surface area contributed by atoms with Crippen LogP contribution in [0.2, 0.25) is 0 Å². The average molecular weight is 378 g/mol. The number of aromatic amines is 1. The van der Waals surface area contributed by atoms with E-state index < -0.39 is 0 Å². The van der Waals surface area contributed by atoms with Crippen molar-refractivity contribution in [3.63, 3.8) is 0 Å². The lowest BCUT2D eigenvalue weighted by Crippen LogP contribution is -1.97. The normalized spacial score (nSPS) is 11.3. The van der Waals surface area contributed by atoms with Crippen LogP contribution >= 0.6 is 0 Å². The Morgan fingerprint density at radius 1 is 1.00 bits per heavy atom. The maximum atomic E-state index is 12.4. The molecule has 144 valence electrons. The van der Waals surface area contributed by atoms with Crippen molar-refractivity contribution < 1.29 is 20.1 Å². The summed E-state index contributed by atoms with van der Waals surface area (Å²) in [7, 11) is 0. The highest BCUT2D eigenvalue weighted by molar-refractivity contribution is 6.07. The van der Waals surface area contributed by atoms with Crippen LogP contribution in [0.15, 0.2) is 48.5 Å². The number of benzene rings is 2. The summed E-state index contributed by atoms with van der Waals surface area (Å²) in [5.41, 5.74) is 5.59. The van der Waals surface area contributed by atoms with Gasteiger partial charge in [-0.2, -0.15) is 5.10 Å². The van der Waals surface area contributed by atoms with Gasteiger partial charge >= 0.3 is 0 Å². The van der Waals surface area contributed by atoms with Crippen molar-refractivity contribution in [2.75, 3.05) is 0 Å². The Labute approximate surface area is 162 Å². The summed E-state index contributed by atoms with van der Waals surface area (Å²) >= 11 is 0. The van der Waals surface area contributed by atoms with Crippen molar-refractivity contribution in [3.05, 3.63) is 82.1 Å². The minimum atomic E-state index is -0.165. The second-order valence-corrected chi connectivity index (χ2v) is 6.57. The Morgan fingerprint density at radius 3 is 2.50 bits per heavy atom. The molecule has 0 aliphatic heterocycles. The third-order valence-electron chi connectivity index (χ3n) is 4.46. The van der Waals surface area contributed by atoms with Gasteiger partial charge in [0.05, 0.1) is 31.2 Å². The number of carbonyl (C=O) groups is 1. The van der Waals surface area contributed by atoms with Gasteiger partial charge in [-0.25, -0.2) is 0 Å². The number of aliphatic hydroxyl groups excluding tert-OH is 3. The summed E-state index contributed by atoms with van der Waals surface area (Å²) < 4.78 is 0. The molecule has 0 fully saturated rings. The number of allylic oxidation sites excluding steroid dienone is 1. The van der Waals surface area contributed by atoms with E-state index in [1.54, 1.807) is 36.4 Å². The zero-order chi connectivity index (χ0) is 20.1.